The molecule has 2 aromatic heterocycles. The van der Waals surface area contributed by atoms with Crippen LogP contribution in [0.5, 0.6) is 0 Å². The van der Waals surface area contributed by atoms with Crippen LogP contribution in [0, 0.1) is 13.8 Å². The van der Waals surface area contributed by atoms with Gasteiger partial charge >= 0.3 is 5.97 Å². The number of ether oxygens (including phenoxy) is 1. The number of nitrogens with one attached hydrogen (secondary N) is 2. The summed E-state index contributed by atoms with van der Waals surface area (Å²) in [5.41, 5.74) is 4.20. The third-order valence-corrected chi connectivity index (χ3v) is 7.64. The van der Waals surface area contributed by atoms with Crippen molar-refractivity contribution >= 4 is 90.9 Å². The summed E-state index contributed by atoms with van der Waals surface area (Å²) in [6, 6.07) is 11.0. The number of carbonyl (C=O) groups excluding carboxylic acids is 1. The van der Waals surface area contributed by atoms with Gasteiger partial charge in [0.25, 0.3) is 0 Å². The van der Waals surface area contributed by atoms with Crippen LogP contribution in [0.2, 0.25) is 15.1 Å². The van der Waals surface area contributed by atoms with E-state index in [9.17, 15) is 4.79 Å². The lowest BCUT2D eigenvalue weighted by atomic mass is 10.2. The first-order chi connectivity index (χ1) is 16.2. The van der Waals surface area contributed by atoms with E-state index < -0.39 is 5.97 Å². The van der Waals surface area contributed by atoms with Crippen LogP contribution in [0.4, 0.5) is 11.4 Å². The molecule has 11 heteroatoms. The van der Waals surface area contributed by atoms with Crippen LogP contribution in [0.25, 0.3) is 10.1 Å². The standard InChI is InChI=1S/C23H19Cl3N4O2S2/c1-11-20(12(2)30(29-11)10-13-4-5-14(24)8-17(13)25)28-23(33)27-15-6-7-16-18(9-15)34-21(19(16)26)22(31)32-3/h4-9H,10H2,1-3H3,(H2,27,28,33). The molecule has 34 heavy (non-hydrogen) atoms. The average Bonchev–Trinajstić information content (AvgIpc) is 3.25. The number of fused-ring (bicyclic) bond motifs is 1. The van der Waals surface area contributed by atoms with Crippen LogP contribution in [0.15, 0.2) is 36.4 Å². The molecule has 0 aliphatic rings. The minimum absolute atomic E-state index is 0.372. The fraction of sp³-hybridized carbons (Fsp3) is 0.174. The third kappa shape index (κ3) is 5.01. The van der Waals surface area contributed by atoms with Gasteiger partial charge in [-0.3, -0.25) is 4.68 Å². The second-order valence-electron chi connectivity index (χ2n) is 7.47. The molecular weight excluding hydrogens is 535 g/mol. The number of methoxy groups -OCH3 is 1. The Kier molecular flexibility index (Phi) is 7.35. The van der Waals surface area contributed by atoms with Gasteiger partial charge in [0.2, 0.25) is 0 Å². The number of benzene rings is 2. The summed E-state index contributed by atoms with van der Waals surface area (Å²) < 4.78 is 7.51. The first-order valence-corrected chi connectivity index (χ1v) is 12.4. The van der Waals surface area contributed by atoms with E-state index in [1.54, 1.807) is 12.1 Å². The zero-order valence-electron chi connectivity index (χ0n) is 18.3. The molecule has 0 saturated carbocycles. The Bertz CT molecular complexity index is 1430. The molecule has 0 unspecified atom stereocenters. The molecule has 0 aliphatic heterocycles. The van der Waals surface area contributed by atoms with Crippen molar-refractivity contribution in [2.75, 3.05) is 17.7 Å². The number of thiophene rings is 1. The molecular formula is C23H19Cl3N4O2S2. The normalized spacial score (nSPS) is 11.0. The van der Waals surface area contributed by atoms with Gasteiger partial charge in [-0.1, -0.05) is 40.9 Å². The van der Waals surface area contributed by atoms with Gasteiger partial charge < -0.3 is 15.4 Å². The van der Waals surface area contributed by atoms with Crippen LogP contribution < -0.4 is 10.6 Å². The van der Waals surface area contributed by atoms with E-state index in [2.05, 4.69) is 15.7 Å². The van der Waals surface area contributed by atoms with Crippen molar-refractivity contribution in [2.24, 2.45) is 0 Å². The number of aromatic nitrogens is 2. The minimum atomic E-state index is -0.458. The van der Waals surface area contributed by atoms with Crippen molar-refractivity contribution in [3.05, 3.63) is 73.3 Å². The highest BCUT2D eigenvalue weighted by Gasteiger charge is 2.18. The van der Waals surface area contributed by atoms with Crippen molar-refractivity contribution in [3.8, 4) is 0 Å². The van der Waals surface area contributed by atoms with Crippen molar-refractivity contribution in [2.45, 2.75) is 20.4 Å². The van der Waals surface area contributed by atoms with Gasteiger partial charge in [-0.25, -0.2) is 4.79 Å². The zero-order chi connectivity index (χ0) is 24.6. The summed E-state index contributed by atoms with van der Waals surface area (Å²) in [4.78, 5) is 12.3. The molecule has 0 radical (unpaired) electrons. The van der Waals surface area contributed by atoms with Gasteiger partial charge in [0.1, 0.15) is 4.88 Å². The van der Waals surface area contributed by atoms with Crippen LogP contribution in [-0.2, 0) is 11.3 Å². The predicted molar refractivity (Wildman–Crippen MR) is 145 cm³/mol. The van der Waals surface area contributed by atoms with E-state index >= 15 is 0 Å². The molecule has 0 amide bonds. The fourth-order valence-corrected chi connectivity index (χ4v) is 5.64. The Labute approximate surface area is 220 Å². The van der Waals surface area contributed by atoms with Gasteiger partial charge in [-0.2, -0.15) is 5.10 Å². The molecule has 0 spiro atoms. The molecule has 6 nitrogen and oxygen atoms in total. The number of halogens is 3. The summed E-state index contributed by atoms with van der Waals surface area (Å²) in [6.07, 6.45) is 0. The maximum atomic E-state index is 11.9. The molecule has 0 saturated heterocycles. The van der Waals surface area contributed by atoms with Crippen molar-refractivity contribution < 1.29 is 9.53 Å². The molecule has 2 N–H and O–H groups in total. The summed E-state index contributed by atoms with van der Waals surface area (Å²) in [5, 5.41) is 13.8. The average molecular weight is 554 g/mol. The minimum Gasteiger partial charge on any atom is -0.465 e. The van der Waals surface area contributed by atoms with Crippen LogP contribution >= 0.6 is 58.4 Å². The van der Waals surface area contributed by atoms with Crippen molar-refractivity contribution in [3.63, 3.8) is 0 Å². The van der Waals surface area contributed by atoms with Crippen LogP contribution in [0.3, 0.4) is 0 Å². The Balaban J connectivity index is 1.51. The monoisotopic (exact) mass is 552 g/mol. The summed E-state index contributed by atoms with van der Waals surface area (Å²) in [7, 11) is 1.33. The Hall–Kier alpha value is -2.36. The molecule has 0 atom stereocenters. The molecule has 2 aromatic carbocycles. The topological polar surface area (TPSA) is 68.2 Å². The quantitative estimate of drug-likeness (QED) is 0.199. The van der Waals surface area contributed by atoms with Crippen molar-refractivity contribution in [1.82, 2.24) is 9.78 Å². The number of aryl methyl sites for hydroxylation is 1. The Morgan fingerprint density at radius 2 is 1.91 bits per heavy atom. The van der Waals surface area contributed by atoms with Gasteiger partial charge in [0.15, 0.2) is 5.11 Å². The first kappa shape index (κ1) is 24.8. The maximum absolute atomic E-state index is 11.9. The highest BCUT2D eigenvalue weighted by Crippen LogP contribution is 2.37. The number of nitrogens with zero attached hydrogens (tertiary/aromatic N) is 2. The smallest absolute Gasteiger partial charge is 0.349 e. The molecule has 0 bridgehead atoms. The number of rotatable bonds is 5. The lowest BCUT2D eigenvalue weighted by Gasteiger charge is -2.12. The fourth-order valence-electron chi connectivity index (χ4n) is 3.49. The van der Waals surface area contributed by atoms with Crippen LogP contribution in [-0.4, -0.2) is 28.0 Å². The summed E-state index contributed by atoms with van der Waals surface area (Å²) in [6.45, 7) is 4.37. The highest BCUT2D eigenvalue weighted by molar-refractivity contribution is 7.80. The van der Waals surface area contributed by atoms with E-state index in [0.717, 1.165) is 38.4 Å². The lowest BCUT2D eigenvalue weighted by molar-refractivity contribution is 0.0606. The number of anilines is 2. The zero-order valence-corrected chi connectivity index (χ0v) is 22.2. The lowest BCUT2D eigenvalue weighted by Crippen LogP contribution is -2.20. The number of hydrogen-bond acceptors (Lipinski definition) is 5. The molecule has 4 aromatic rings. The number of hydrogen-bond donors (Lipinski definition) is 2. The first-order valence-electron chi connectivity index (χ1n) is 10.0. The Morgan fingerprint density at radius 1 is 1.15 bits per heavy atom. The van der Waals surface area contributed by atoms with Crippen molar-refractivity contribution in [1.29, 1.82) is 0 Å². The van der Waals surface area contributed by atoms with Gasteiger partial charge in [-0.05, 0) is 62.0 Å². The molecule has 0 aliphatic carbocycles. The van der Waals surface area contributed by atoms with E-state index in [1.165, 1.54) is 18.4 Å². The molecule has 176 valence electrons. The highest BCUT2D eigenvalue weighted by atomic mass is 35.5. The number of esters is 1. The second-order valence-corrected chi connectivity index (χ2v) is 10.1. The molecule has 2 heterocycles. The van der Waals surface area contributed by atoms with E-state index in [4.69, 9.17) is 51.8 Å². The molecule has 4 rings (SSSR count). The van der Waals surface area contributed by atoms with E-state index in [-0.39, 0.29) is 0 Å². The third-order valence-electron chi connectivity index (χ3n) is 5.21. The SMILES string of the molecule is COC(=O)c1sc2cc(NC(=S)Nc3c(C)nn(Cc4ccc(Cl)cc4Cl)c3C)ccc2c1Cl. The van der Waals surface area contributed by atoms with Crippen LogP contribution in [0.1, 0.15) is 26.6 Å². The predicted octanol–water partition coefficient (Wildman–Crippen LogP) is 7.32. The van der Waals surface area contributed by atoms with Gasteiger partial charge in [0, 0.05) is 25.8 Å². The second kappa shape index (κ2) is 10.1. The number of carbonyl (C=O) groups is 1. The maximum Gasteiger partial charge on any atom is 0.349 e. The largest absolute Gasteiger partial charge is 0.465 e. The van der Waals surface area contributed by atoms with Gasteiger partial charge in [0.05, 0.1) is 35.8 Å². The summed E-state index contributed by atoms with van der Waals surface area (Å²) >= 11 is 25.5. The molecule has 0 fully saturated rings. The Morgan fingerprint density at radius 3 is 2.62 bits per heavy atom. The van der Waals surface area contributed by atoms with E-state index in [1.807, 2.05) is 42.8 Å². The van der Waals surface area contributed by atoms with Gasteiger partial charge in [-0.15, -0.1) is 11.3 Å². The van der Waals surface area contributed by atoms with E-state index in [0.29, 0.717) is 31.6 Å². The summed E-state index contributed by atoms with van der Waals surface area (Å²) in [5.74, 6) is -0.458. The number of thiocarbonyl (C=S) groups is 1.